The van der Waals surface area contributed by atoms with Crippen molar-refractivity contribution in [2.75, 3.05) is 13.2 Å². The number of carbonyl (C=O) groups is 2. The number of carbonyl (C=O) groups excluding carboxylic acids is 1. The number of nitrogens with one attached hydrogen (secondary N) is 2. The molecular formula is C14H26N2O4. The molecule has 0 bridgehead atoms. The third-order valence-corrected chi connectivity index (χ3v) is 3.11. The van der Waals surface area contributed by atoms with Gasteiger partial charge in [-0.25, -0.2) is 4.79 Å². The summed E-state index contributed by atoms with van der Waals surface area (Å²) < 4.78 is 5.30. The minimum Gasteiger partial charge on any atom is -0.481 e. The van der Waals surface area contributed by atoms with Gasteiger partial charge in [-0.2, -0.15) is 0 Å². The van der Waals surface area contributed by atoms with Crippen molar-refractivity contribution in [3.8, 4) is 0 Å². The Hall–Kier alpha value is -1.30. The molecule has 2 atom stereocenters. The summed E-state index contributed by atoms with van der Waals surface area (Å²) in [5, 5.41) is 14.5. The first kappa shape index (κ1) is 16.8. The summed E-state index contributed by atoms with van der Waals surface area (Å²) in [6.07, 6.45) is 2.39. The zero-order chi connectivity index (χ0) is 15.2. The van der Waals surface area contributed by atoms with Crippen LogP contribution >= 0.6 is 0 Å². The minimum atomic E-state index is -0.902. The van der Waals surface area contributed by atoms with E-state index >= 15 is 0 Å². The summed E-state index contributed by atoms with van der Waals surface area (Å²) >= 11 is 0. The maximum absolute atomic E-state index is 11.9. The summed E-state index contributed by atoms with van der Waals surface area (Å²) in [7, 11) is 0. The van der Waals surface area contributed by atoms with Crippen molar-refractivity contribution in [3.05, 3.63) is 0 Å². The fourth-order valence-electron chi connectivity index (χ4n) is 2.39. The topological polar surface area (TPSA) is 87.7 Å². The quantitative estimate of drug-likeness (QED) is 0.718. The molecule has 0 aromatic heterocycles. The van der Waals surface area contributed by atoms with Crippen LogP contribution in [0.5, 0.6) is 0 Å². The van der Waals surface area contributed by atoms with E-state index in [1.54, 1.807) is 0 Å². The van der Waals surface area contributed by atoms with Crippen molar-refractivity contribution in [1.29, 1.82) is 0 Å². The lowest BCUT2D eigenvalue weighted by Crippen LogP contribution is -2.49. The molecule has 0 aliphatic carbocycles. The molecule has 0 radical (unpaired) electrons. The van der Waals surface area contributed by atoms with E-state index in [1.807, 2.05) is 20.8 Å². The lowest BCUT2D eigenvalue weighted by molar-refractivity contribution is -0.137. The van der Waals surface area contributed by atoms with Gasteiger partial charge >= 0.3 is 12.0 Å². The molecule has 116 valence electrons. The van der Waals surface area contributed by atoms with E-state index in [4.69, 9.17) is 9.84 Å². The van der Waals surface area contributed by atoms with Crippen LogP contribution in [0.3, 0.4) is 0 Å². The first-order chi connectivity index (χ1) is 9.26. The average molecular weight is 286 g/mol. The highest BCUT2D eigenvalue weighted by molar-refractivity contribution is 5.76. The SMILES string of the molecule is CC(C)(C)CC(CC(=O)O)NC(=O)NC1CCCOC1. The summed E-state index contributed by atoms with van der Waals surface area (Å²) in [6.45, 7) is 7.34. The molecule has 0 aromatic rings. The third kappa shape index (κ3) is 7.33. The van der Waals surface area contributed by atoms with Gasteiger partial charge in [-0.05, 0) is 24.7 Å². The van der Waals surface area contributed by atoms with Gasteiger partial charge in [0.05, 0.1) is 19.1 Å². The second-order valence-electron chi connectivity index (χ2n) is 6.59. The van der Waals surface area contributed by atoms with E-state index < -0.39 is 5.97 Å². The zero-order valence-electron chi connectivity index (χ0n) is 12.6. The Bertz CT molecular complexity index is 333. The molecule has 0 saturated carbocycles. The van der Waals surface area contributed by atoms with Crippen molar-refractivity contribution < 1.29 is 19.4 Å². The molecule has 1 heterocycles. The molecule has 20 heavy (non-hydrogen) atoms. The Kier molecular flexibility index (Phi) is 6.26. The van der Waals surface area contributed by atoms with E-state index in [0.29, 0.717) is 13.0 Å². The molecule has 2 amide bonds. The number of amides is 2. The van der Waals surface area contributed by atoms with Crippen LogP contribution < -0.4 is 10.6 Å². The Morgan fingerprint density at radius 1 is 1.40 bits per heavy atom. The number of hydrogen-bond acceptors (Lipinski definition) is 3. The van der Waals surface area contributed by atoms with Crippen LogP contribution in [0, 0.1) is 5.41 Å². The van der Waals surface area contributed by atoms with Gasteiger partial charge in [0.15, 0.2) is 0 Å². The van der Waals surface area contributed by atoms with E-state index in [1.165, 1.54) is 0 Å². The highest BCUT2D eigenvalue weighted by atomic mass is 16.5. The van der Waals surface area contributed by atoms with Gasteiger partial charge in [0.25, 0.3) is 0 Å². The summed E-state index contributed by atoms with van der Waals surface area (Å²) in [5.74, 6) is -0.902. The highest BCUT2D eigenvalue weighted by Crippen LogP contribution is 2.22. The van der Waals surface area contributed by atoms with Crippen LogP contribution in [-0.4, -0.2) is 42.4 Å². The monoisotopic (exact) mass is 286 g/mol. The minimum absolute atomic E-state index is 0.0175. The Balaban J connectivity index is 2.45. The fourth-order valence-corrected chi connectivity index (χ4v) is 2.39. The van der Waals surface area contributed by atoms with E-state index in [9.17, 15) is 9.59 Å². The van der Waals surface area contributed by atoms with Gasteiger partial charge in [0, 0.05) is 12.6 Å². The van der Waals surface area contributed by atoms with Crippen molar-refractivity contribution in [3.63, 3.8) is 0 Å². The summed E-state index contributed by atoms with van der Waals surface area (Å²) in [6, 6.07) is -0.656. The Morgan fingerprint density at radius 3 is 2.60 bits per heavy atom. The van der Waals surface area contributed by atoms with E-state index in [2.05, 4.69) is 10.6 Å². The Labute approximate surface area is 120 Å². The summed E-state index contributed by atoms with van der Waals surface area (Å²) in [4.78, 5) is 22.8. The largest absolute Gasteiger partial charge is 0.481 e. The molecule has 6 heteroatoms. The van der Waals surface area contributed by atoms with Crippen molar-refractivity contribution >= 4 is 12.0 Å². The number of aliphatic carboxylic acids is 1. The highest BCUT2D eigenvalue weighted by Gasteiger charge is 2.24. The van der Waals surface area contributed by atoms with Crippen LogP contribution in [0.4, 0.5) is 4.79 Å². The summed E-state index contributed by atoms with van der Waals surface area (Å²) in [5.41, 5.74) is -0.0403. The molecule has 0 spiro atoms. The second-order valence-corrected chi connectivity index (χ2v) is 6.59. The van der Waals surface area contributed by atoms with Gasteiger partial charge in [-0.3, -0.25) is 4.79 Å². The van der Waals surface area contributed by atoms with Gasteiger partial charge in [0.1, 0.15) is 0 Å². The van der Waals surface area contributed by atoms with Gasteiger partial charge in [-0.15, -0.1) is 0 Å². The number of carboxylic acids is 1. The fraction of sp³-hybridized carbons (Fsp3) is 0.857. The molecule has 0 aromatic carbocycles. The molecule has 1 saturated heterocycles. The van der Waals surface area contributed by atoms with Gasteiger partial charge < -0.3 is 20.5 Å². The maximum Gasteiger partial charge on any atom is 0.315 e. The predicted molar refractivity (Wildman–Crippen MR) is 75.6 cm³/mol. The van der Waals surface area contributed by atoms with Gasteiger partial charge in [0.2, 0.25) is 0 Å². The molecule has 1 aliphatic heterocycles. The average Bonchev–Trinajstić information content (AvgIpc) is 2.26. The van der Waals surface area contributed by atoms with Crippen LogP contribution in [0.2, 0.25) is 0 Å². The predicted octanol–water partition coefficient (Wildman–Crippen LogP) is 1.74. The standard InChI is InChI=1S/C14H26N2O4/c1-14(2,3)8-11(7-12(17)18)16-13(19)15-10-5-4-6-20-9-10/h10-11H,4-9H2,1-3H3,(H,17,18)(H2,15,16,19). The first-order valence-electron chi connectivity index (χ1n) is 7.13. The van der Waals surface area contributed by atoms with Crippen molar-refractivity contribution in [2.24, 2.45) is 5.41 Å². The van der Waals surface area contributed by atoms with Crippen LogP contribution in [0.1, 0.15) is 46.5 Å². The zero-order valence-corrected chi connectivity index (χ0v) is 12.6. The number of carboxylic acid groups (broad SMARTS) is 1. The number of rotatable bonds is 5. The number of ether oxygens (including phenoxy) is 1. The molecule has 6 nitrogen and oxygen atoms in total. The van der Waals surface area contributed by atoms with Crippen molar-refractivity contribution in [2.45, 2.75) is 58.5 Å². The lowest BCUT2D eigenvalue weighted by Gasteiger charge is -2.28. The van der Waals surface area contributed by atoms with Crippen LogP contribution in [0.25, 0.3) is 0 Å². The lowest BCUT2D eigenvalue weighted by atomic mass is 9.87. The normalized spacial score (nSPS) is 21.1. The van der Waals surface area contributed by atoms with Crippen molar-refractivity contribution in [1.82, 2.24) is 10.6 Å². The molecule has 1 aliphatic rings. The van der Waals surface area contributed by atoms with Crippen LogP contribution in [0.15, 0.2) is 0 Å². The Morgan fingerprint density at radius 2 is 2.10 bits per heavy atom. The number of hydrogen-bond donors (Lipinski definition) is 3. The molecule has 1 fully saturated rings. The maximum atomic E-state index is 11.9. The van der Waals surface area contributed by atoms with E-state index in [-0.39, 0.29) is 30.0 Å². The smallest absolute Gasteiger partial charge is 0.315 e. The second kappa shape index (κ2) is 7.47. The third-order valence-electron chi connectivity index (χ3n) is 3.11. The molecular weight excluding hydrogens is 260 g/mol. The number of urea groups is 1. The van der Waals surface area contributed by atoms with Gasteiger partial charge in [-0.1, -0.05) is 20.8 Å². The molecule has 1 rings (SSSR count). The van der Waals surface area contributed by atoms with E-state index in [0.717, 1.165) is 19.4 Å². The first-order valence-corrected chi connectivity index (χ1v) is 7.13. The molecule has 2 unspecified atom stereocenters. The van der Waals surface area contributed by atoms with Crippen LogP contribution in [-0.2, 0) is 9.53 Å². The molecule has 3 N–H and O–H groups in total.